The number of pyridine rings is 1. The Morgan fingerprint density at radius 2 is 2.19 bits per heavy atom. The average molecular weight is 283 g/mol. The second kappa shape index (κ2) is 5.41. The highest BCUT2D eigenvalue weighted by molar-refractivity contribution is 5.58. The second-order valence-electron chi connectivity index (χ2n) is 5.15. The molecule has 1 atom stereocenters. The van der Waals surface area contributed by atoms with Crippen molar-refractivity contribution in [3.8, 4) is 6.07 Å². The van der Waals surface area contributed by atoms with Gasteiger partial charge in [-0.05, 0) is 49.1 Å². The lowest BCUT2D eigenvalue weighted by molar-refractivity contribution is 0.586. The molecule has 5 heteroatoms. The number of aromatic amines is 1. The summed E-state index contributed by atoms with van der Waals surface area (Å²) in [6.45, 7) is 0. The maximum Gasteiger partial charge on any atom is 0.248 e. The number of anilines is 1. The van der Waals surface area contributed by atoms with Gasteiger partial charge >= 0.3 is 0 Å². The smallest absolute Gasteiger partial charge is 0.248 e. The molecule has 0 saturated heterocycles. The molecule has 1 aromatic carbocycles. The normalized spacial score (nSPS) is 16.9. The van der Waals surface area contributed by atoms with Crippen LogP contribution in [0.1, 0.15) is 35.7 Å². The summed E-state index contributed by atoms with van der Waals surface area (Å²) in [6, 6.07) is 9.48. The Hall–Kier alpha value is -2.61. The van der Waals surface area contributed by atoms with Crippen LogP contribution in [0.15, 0.2) is 35.1 Å². The fraction of sp³-hybridized carbons (Fsp3) is 0.250. The summed E-state index contributed by atoms with van der Waals surface area (Å²) in [5.74, 6) is -0.425. The van der Waals surface area contributed by atoms with E-state index < -0.39 is 5.82 Å². The van der Waals surface area contributed by atoms with Crippen LogP contribution in [0, 0.1) is 17.1 Å². The maximum absolute atomic E-state index is 13.2. The lowest BCUT2D eigenvalue weighted by atomic mass is 9.91. The molecule has 0 bridgehead atoms. The molecule has 0 spiro atoms. The van der Waals surface area contributed by atoms with Crippen molar-refractivity contribution >= 4 is 5.69 Å². The monoisotopic (exact) mass is 283 g/mol. The van der Waals surface area contributed by atoms with Gasteiger partial charge in [0.25, 0.3) is 0 Å². The number of hydrogen-bond acceptors (Lipinski definition) is 3. The maximum atomic E-state index is 13.2. The molecule has 0 saturated carbocycles. The van der Waals surface area contributed by atoms with Crippen LogP contribution in [0.3, 0.4) is 0 Å². The first-order valence-corrected chi connectivity index (χ1v) is 6.85. The van der Waals surface area contributed by atoms with Crippen LogP contribution in [-0.4, -0.2) is 4.98 Å². The summed E-state index contributed by atoms with van der Waals surface area (Å²) in [5, 5.41) is 12.4. The van der Waals surface area contributed by atoms with E-state index in [-0.39, 0.29) is 17.2 Å². The summed E-state index contributed by atoms with van der Waals surface area (Å²) in [7, 11) is 0. The van der Waals surface area contributed by atoms with Crippen molar-refractivity contribution in [3.63, 3.8) is 0 Å². The van der Waals surface area contributed by atoms with Crippen molar-refractivity contribution in [2.24, 2.45) is 0 Å². The van der Waals surface area contributed by atoms with Crippen LogP contribution in [0.5, 0.6) is 0 Å². The number of fused-ring (bicyclic) bond motifs is 1. The molecular formula is C16H14FN3O. The van der Waals surface area contributed by atoms with E-state index in [0.29, 0.717) is 5.69 Å². The minimum atomic E-state index is -0.425. The van der Waals surface area contributed by atoms with E-state index in [4.69, 9.17) is 5.26 Å². The number of nitrogens with one attached hydrogen (secondary N) is 2. The topological polar surface area (TPSA) is 68.7 Å². The molecule has 0 fully saturated rings. The third-order valence-electron chi connectivity index (χ3n) is 3.76. The molecule has 1 unspecified atom stereocenters. The third kappa shape index (κ3) is 2.65. The van der Waals surface area contributed by atoms with Crippen molar-refractivity contribution in [2.75, 3.05) is 5.32 Å². The highest BCUT2D eigenvalue weighted by Gasteiger charge is 2.21. The number of halogens is 1. The van der Waals surface area contributed by atoms with Crippen LogP contribution in [-0.2, 0) is 6.42 Å². The second-order valence-corrected chi connectivity index (χ2v) is 5.15. The quantitative estimate of drug-likeness (QED) is 0.890. The van der Waals surface area contributed by atoms with Gasteiger partial charge in [-0.15, -0.1) is 0 Å². The summed E-state index contributed by atoms with van der Waals surface area (Å²) >= 11 is 0. The van der Waals surface area contributed by atoms with Crippen LogP contribution in [0.25, 0.3) is 0 Å². The van der Waals surface area contributed by atoms with Crippen molar-refractivity contribution in [3.05, 3.63) is 63.3 Å². The molecule has 4 nitrogen and oxygen atoms in total. The molecule has 1 aromatic heterocycles. The number of nitrogens with zero attached hydrogens (tertiary/aromatic N) is 1. The molecule has 1 heterocycles. The zero-order valence-corrected chi connectivity index (χ0v) is 11.3. The van der Waals surface area contributed by atoms with E-state index in [1.165, 1.54) is 18.2 Å². The summed E-state index contributed by atoms with van der Waals surface area (Å²) in [5.41, 5.74) is 2.77. The zero-order valence-electron chi connectivity index (χ0n) is 11.3. The van der Waals surface area contributed by atoms with Gasteiger partial charge in [0.2, 0.25) is 5.56 Å². The molecular weight excluding hydrogens is 269 g/mol. The first kappa shape index (κ1) is 13.4. The van der Waals surface area contributed by atoms with Gasteiger partial charge in [0.1, 0.15) is 11.9 Å². The highest BCUT2D eigenvalue weighted by atomic mass is 19.1. The Morgan fingerprint density at radius 1 is 1.33 bits per heavy atom. The molecule has 0 radical (unpaired) electrons. The molecule has 1 aliphatic carbocycles. The van der Waals surface area contributed by atoms with E-state index >= 15 is 0 Å². The molecule has 0 amide bonds. The number of aryl methyl sites for hydroxylation is 1. The van der Waals surface area contributed by atoms with E-state index in [9.17, 15) is 9.18 Å². The van der Waals surface area contributed by atoms with Gasteiger partial charge < -0.3 is 10.3 Å². The molecule has 2 aromatic rings. The lowest BCUT2D eigenvalue weighted by Crippen LogP contribution is -2.22. The standard InChI is InChI=1S/C16H14FN3O/c17-11-4-6-13(10(8-11)9-18)19-14-2-1-3-15-12(14)5-7-16(21)20-15/h4-8,14,19H,1-3H2,(H,20,21). The molecule has 1 aliphatic rings. The number of aromatic nitrogens is 1. The molecule has 2 N–H and O–H groups in total. The Bertz CT molecular complexity index is 776. The number of rotatable bonds is 2. The van der Waals surface area contributed by atoms with Crippen LogP contribution >= 0.6 is 0 Å². The lowest BCUT2D eigenvalue weighted by Gasteiger charge is -2.27. The predicted molar refractivity (Wildman–Crippen MR) is 77.5 cm³/mol. The number of hydrogen-bond donors (Lipinski definition) is 2. The molecule has 106 valence electrons. The predicted octanol–water partition coefficient (Wildman–Crippen LogP) is 2.88. The van der Waals surface area contributed by atoms with Crippen molar-refractivity contribution in [2.45, 2.75) is 25.3 Å². The third-order valence-corrected chi connectivity index (χ3v) is 3.76. The van der Waals surface area contributed by atoms with Gasteiger partial charge in [-0.1, -0.05) is 0 Å². The van der Waals surface area contributed by atoms with E-state index in [0.717, 1.165) is 30.5 Å². The summed E-state index contributed by atoms with van der Waals surface area (Å²) < 4.78 is 13.2. The number of benzene rings is 1. The molecule has 3 rings (SSSR count). The average Bonchev–Trinajstić information content (AvgIpc) is 2.49. The first-order chi connectivity index (χ1) is 10.2. The van der Waals surface area contributed by atoms with Gasteiger partial charge in [0.15, 0.2) is 0 Å². The van der Waals surface area contributed by atoms with Gasteiger partial charge in [-0.25, -0.2) is 4.39 Å². The fourth-order valence-electron chi connectivity index (χ4n) is 2.77. The van der Waals surface area contributed by atoms with Crippen molar-refractivity contribution in [1.82, 2.24) is 4.98 Å². The Balaban J connectivity index is 1.94. The molecule has 0 aliphatic heterocycles. The van der Waals surface area contributed by atoms with E-state index in [1.54, 1.807) is 6.07 Å². The van der Waals surface area contributed by atoms with Crippen molar-refractivity contribution in [1.29, 1.82) is 5.26 Å². The Kier molecular flexibility index (Phi) is 3.44. The van der Waals surface area contributed by atoms with Crippen LogP contribution < -0.4 is 10.9 Å². The highest BCUT2D eigenvalue weighted by Crippen LogP contribution is 2.31. The van der Waals surface area contributed by atoms with Crippen molar-refractivity contribution < 1.29 is 4.39 Å². The summed E-state index contributed by atoms with van der Waals surface area (Å²) in [6.07, 6.45) is 2.70. The summed E-state index contributed by atoms with van der Waals surface area (Å²) in [4.78, 5) is 14.2. The zero-order chi connectivity index (χ0) is 14.8. The van der Waals surface area contributed by atoms with Crippen LogP contribution in [0.2, 0.25) is 0 Å². The van der Waals surface area contributed by atoms with E-state index in [2.05, 4.69) is 10.3 Å². The van der Waals surface area contributed by atoms with Crippen LogP contribution in [0.4, 0.5) is 10.1 Å². The van der Waals surface area contributed by atoms with Gasteiger partial charge in [0, 0.05) is 11.8 Å². The Labute approximate surface area is 121 Å². The first-order valence-electron chi connectivity index (χ1n) is 6.85. The van der Waals surface area contributed by atoms with Gasteiger partial charge in [-0.3, -0.25) is 4.79 Å². The minimum absolute atomic E-state index is 0.0168. The molecule has 21 heavy (non-hydrogen) atoms. The van der Waals surface area contributed by atoms with Gasteiger partial charge in [-0.2, -0.15) is 5.26 Å². The largest absolute Gasteiger partial charge is 0.377 e. The fourth-order valence-corrected chi connectivity index (χ4v) is 2.77. The number of H-pyrrole nitrogens is 1. The van der Waals surface area contributed by atoms with Gasteiger partial charge in [0.05, 0.1) is 17.3 Å². The number of nitriles is 1. The minimum Gasteiger partial charge on any atom is -0.377 e. The Morgan fingerprint density at radius 3 is 3.00 bits per heavy atom. The van der Waals surface area contributed by atoms with E-state index in [1.807, 2.05) is 12.1 Å². The SMILES string of the molecule is N#Cc1cc(F)ccc1NC1CCCc2[nH]c(=O)ccc21.